The molecule has 2 fully saturated rings. The number of likely N-dealkylation sites (tertiary alicyclic amines) is 1. The van der Waals surface area contributed by atoms with Crippen molar-refractivity contribution >= 4 is 61.9 Å². The van der Waals surface area contributed by atoms with Crippen molar-refractivity contribution in [1.82, 2.24) is 40.1 Å². The van der Waals surface area contributed by atoms with Gasteiger partial charge in [0.1, 0.15) is 23.7 Å². The summed E-state index contributed by atoms with van der Waals surface area (Å²) in [6, 6.07) is 0.716. The SMILES string of the molecule is C[C@@H]1N[C@H](C(=O)CCc2cc(-c3cnc(C(F)(F)F)nc3)ncc2Br)C[C@H]1F.C[C@H]1[C@H](F)C[C@@H](C(=O)CCc2cc(-c3cnc(C(F)(F)F)nc3)ncc2Br)N1C(=O)OC(C)(C)C.Cl. The summed E-state index contributed by atoms with van der Waals surface area (Å²) < 4.78 is 111. The fraction of sp³-hybridized carbons (Fsp3) is 0.488. The van der Waals surface area contributed by atoms with Gasteiger partial charge >= 0.3 is 18.4 Å². The van der Waals surface area contributed by atoms with Gasteiger partial charge in [0.25, 0.3) is 0 Å². The first-order valence-electron chi connectivity index (χ1n) is 19.5. The molecule has 0 unspecified atom stereocenters. The van der Waals surface area contributed by atoms with Crippen LogP contribution in [0.1, 0.15) is 83.1 Å². The number of alkyl halides is 8. The van der Waals surface area contributed by atoms with E-state index in [2.05, 4.69) is 67.1 Å². The summed E-state index contributed by atoms with van der Waals surface area (Å²) in [6.45, 7) is 8.32. The molecule has 2 saturated heterocycles. The lowest BCUT2D eigenvalue weighted by molar-refractivity contribution is -0.145. The van der Waals surface area contributed by atoms with Gasteiger partial charge in [-0.3, -0.25) is 24.5 Å². The number of ketones is 2. The Kier molecular flexibility index (Phi) is 17.5. The van der Waals surface area contributed by atoms with Gasteiger partial charge in [0, 0.05) is 89.0 Å². The first-order valence-corrected chi connectivity index (χ1v) is 21.1. The minimum Gasteiger partial charge on any atom is -0.444 e. The van der Waals surface area contributed by atoms with Crippen LogP contribution in [-0.4, -0.2) is 94.6 Å². The number of rotatable bonds is 10. The third kappa shape index (κ3) is 13.6. The first kappa shape index (κ1) is 52.3. The van der Waals surface area contributed by atoms with Gasteiger partial charge in [-0.2, -0.15) is 26.3 Å². The Hall–Kier alpha value is -4.28. The summed E-state index contributed by atoms with van der Waals surface area (Å²) >= 11 is 6.73. The molecule has 4 aromatic rings. The van der Waals surface area contributed by atoms with Crippen molar-refractivity contribution in [1.29, 1.82) is 0 Å². The lowest BCUT2D eigenvalue weighted by Crippen LogP contribution is -2.47. The maximum atomic E-state index is 14.4. The molecule has 0 saturated carbocycles. The number of carbonyl (C=O) groups is 3. The third-order valence-corrected chi connectivity index (χ3v) is 11.6. The largest absolute Gasteiger partial charge is 0.451 e. The number of nitrogens with zero attached hydrogens (tertiary/aromatic N) is 7. The maximum absolute atomic E-state index is 14.4. The number of pyridine rings is 2. The topological polar surface area (TPSA) is 153 Å². The minimum atomic E-state index is -4.65. The maximum Gasteiger partial charge on any atom is 0.451 e. The smallest absolute Gasteiger partial charge is 0.444 e. The van der Waals surface area contributed by atoms with E-state index in [-0.39, 0.29) is 67.7 Å². The molecule has 2 aliphatic rings. The van der Waals surface area contributed by atoms with Crippen LogP contribution in [0.5, 0.6) is 0 Å². The lowest BCUT2D eigenvalue weighted by atomic mass is 10.0. The molecule has 6 rings (SSSR count). The quantitative estimate of drug-likeness (QED) is 0.151. The van der Waals surface area contributed by atoms with Crippen molar-refractivity contribution in [2.45, 2.75) is 128 Å². The summed E-state index contributed by atoms with van der Waals surface area (Å²) in [7, 11) is 0. The van der Waals surface area contributed by atoms with E-state index in [0.717, 1.165) is 30.4 Å². The van der Waals surface area contributed by atoms with Crippen LogP contribution < -0.4 is 5.32 Å². The third-order valence-electron chi connectivity index (χ3n) is 10.1. The average Bonchev–Trinajstić information content (AvgIpc) is 3.71. The molecule has 4 aromatic heterocycles. The van der Waals surface area contributed by atoms with E-state index >= 15 is 0 Å². The number of aromatic nitrogens is 6. The number of halogens is 11. The zero-order valence-electron chi connectivity index (χ0n) is 34.8. The second-order valence-electron chi connectivity index (χ2n) is 16.0. The van der Waals surface area contributed by atoms with Gasteiger partial charge < -0.3 is 10.1 Å². The van der Waals surface area contributed by atoms with Crippen molar-refractivity contribution in [3.8, 4) is 22.5 Å². The number of Topliss-reactive ketones (excluding diaryl/α,β-unsaturated/α-hetero) is 2. The molecule has 348 valence electrons. The molecule has 2 aliphatic heterocycles. The van der Waals surface area contributed by atoms with E-state index in [1.54, 1.807) is 46.8 Å². The second kappa shape index (κ2) is 21.4. The van der Waals surface area contributed by atoms with Crippen LogP contribution in [-0.2, 0) is 39.5 Å². The van der Waals surface area contributed by atoms with Crippen LogP contribution >= 0.6 is 44.3 Å². The van der Waals surface area contributed by atoms with Crippen molar-refractivity contribution in [3.63, 3.8) is 0 Å². The molecule has 64 heavy (non-hydrogen) atoms. The summed E-state index contributed by atoms with van der Waals surface area (Å²) in [5.74, 6) is -2.86. The van der Waals surface area contributed by atoms with Gasteiger partial charge in [0.2, 0.25) is 11.6 Å². The van der Waals surface area contributed by atoms with Crippen LogP contribution in [0.2, 0.25) is 0 Å². The minimum absolute atomic E-state index is 0. The normalized spacial score (nSPS) is 21.1. The Morgan fingerprint density at radius 2 is 1.14 bits per heavy atom. The molecule has 0 aromatic carbocycles. The van der Waals surface area contributed by atoms with Gasteiger partial charge in [-0.1, -0.05) is 0 Å². The summed E-state index contributed by atoms with van der Waals surface area (Å²) in [5.41, 5.74) is 1.97. The summed E-state index contributed by atoms with van der Waals surface area (Å²) in [5, 5.41) is 2.95. The highest BCUT2D eigenvalue weighted by Gasteiger charge is 2.46. The van der Waals surface area contributed by atoms with E-state index in [9.17, 15) is 49.5 Å². The highest BCUT2D eigenvalue weighted by molar-refractivity contribution is 9.10. The number of carbonyl (C=O) groups excluding carboxylic acids is 3. The predicted molar refractivity (Wildman–Crippen MR) is 227 cm³/mol. The van der Waals surface area contributed by atoms with Gasteiger partial charge in [-0.15, -0.1) is 12.4 Å². The standard InChI is InChI=1S/C23H25BrF4N4O3.C18H17BrF4N4O.ClH/c1-12-16(25)8-18(32(12)21(34)35-22(2,3)4)19(33)6-5-13-7-17(29-11-15(13)24)14-9-30-20(31-10-14)23(26,27)28;1-9-13(20)5-15(27-9)16(28)3-2-10-4-14(24-8-12(10)19)11-6-25-17(26-7-11)18(21,22)23;/h7,9-12,16,18H,5-6,8H2,1-4H3;4,6-9,13,15,27H,2-3,5H2,1H3;1H/t12-,16+,18-;9-,13+,15-;/m00./s1. The fourth-order valence-electron chi connectivity index (χ4n) is 6.75. The molecule has 12 nitrogen and oxygen atoms in total. The molecular formula is C41H43Br2ClF8N8O4. The fourth-order valence-corrected chi connectivity index (χ4v) is 7.58. The van der Waals surface area contributed by atoms with Gasteiger partial charge in [0.05, 0.1) is 29.5 Å². The number of hydrogen-bond donors (Lipinski definition) is 1. The summed E-state index contributed by atoms with van der Waals surface area (Å²) in [4.78, 5) is 60.8. The number of aryl methyl sites for hydroxylation is 2. The van der Waals surface area contributed by atoms with E-state index in [0.29, 0.717) is 37.9 Å². The molecular weight excluding hydrogens is 1020 g/mol. The van der Waals surface area contributed by atoms with Crippen molar-refractivity contribution < 1.29 is 54.2 Å². The molecule has 6 heterocycles. The molecule has 1 amide bonds. The Morgan fingerprint density at radius 1 is 0.703 bits per heavy atom. The number of hydrogen-bond acceptors (Lipinski definition) is 11. The van der Waals surface area contributed by atoms with E-state index in [4.69, 9.17) is 4.74 Å². The number of amides is 1. The Bertz CT molecular complexity index is 2260. The monoisotopic (exact) mass is 1060 g/mol. The van der Waals surface area contributed by atoms with Crippen LogP contribution in [0.25, 0.3) is 22.5 Å². The van der Waals surface area contributed by atoms with E-state index < -0.39 is 66.2 Å². The summed E-state index contributed by atoms with van der Waals surface area (Å²) in [6.07, 6.45) is -4.31. The highest BCUT2D eigenvalue weighted by Crippen LogP contribution is 2.33. The number of ether oxygens (including phenoxy) is 1. The van der Waals surface area contributed by atoms with Crippen molar-refractivity contribution in [2.24, 2.45) is 0 Å². The molecule has 1 N–H and O–H groups in total. The van der Waals surface area contributed by atoms with Gasteiger partial charge in [-0.25, -0.2) is 33.5 Å². The molecule has 0 bridgehead atoms. The van der Waals surface area contributed by atoms with E-state index in [1.807, 2.05) is 0 Å². The van der Waals surface area contributed by atoms with Crippen LogP contribution in [0.3, 0.4) is 0 Å². The van der Waals surface area contributed by atoms with E-state index in [1.165, 1.54) is 17.3 Å². The zero-order valence-corrected chi connectivity index (χ0v) is 38.8. The Balaban J connectivity index is 0.000000283. The van der Waals surface area contributed by atoms with Crippen LogP contribution in [0.15, 0.2) is 58.3 Å². The lowest BCUT2D eigenvalue weighted by Gasteiger charge is -2.30. The van der Waals surface area contributed by atoms with Gasteiger partial charge in [-0.05, 0) is 103 Å². The van der Waals surface area contributed by atoms with Crippen LogP contribution in [0, 0.1) is 0 Å². The second-order valence-corrected chi connectivity index (χ2v) is 17.7. The average molecular weight is 1060 g/mol. The molecule has 6 atom stereocenters. The predicted octanol–water partition coefficient (Wildman–Crippen LogP) is 9.89. The van der Waals surface area contributed by atoms with Crippen molar-refractivity contribution in [2.75, 3.05) is 0 Å². The van der Waals surface area contributed by atoms with Crippen molar-refractivity contribution in [3.05, 3.63) is 81.0 Å². The molecule has 0 radical (unpaired) electrons. The first-order chi connectivity index (χ1) is 29.3. The Morgan fingerprint density at radius 3 is 1.53 bits per heavy atom. The number of nitrogens with one attached hydrogen (secondary N) is 1. The van der Waals surface area contributed by atoms with Crippen LogP contribution in [0.4, 0.5) is 39.9 Å². The molecule has 0 spiro atoms. The molecule has 0 aliphatic carbocycles. The van der Waals surface area contributed by atoms with Gasteiger partial charge in [0.15, 0.2) is 5.78 Å². The highest BCUT2D eigenvalue weighted by atomic mass is 79.9. The molecule has 23 heteroatoms. The zero-order chi connectivity index (χ0) is 46.6. The Labute approximate surface area is 385 Å².